The molecule has 3 aromatic rings. The molecule has 0 aliphatic heterocycles. The molecule has 5 heteroatoms. The van der Waals surface area contributed by atoms with Crippen LogP contribution in [0.3, 0.4) is 0 Å². The van der Waals surface area contributed by atoms with E-state index >= 15 is 0 Å². The smallest absolute Gasteiger partial charge is 0.226 e. The number of methoxy groups -OCH3 is 1. The van der Waals surface area contributed by atoms with Gasteiger partial charge in [0, 0.05) is 28.8 Å². The molecule has 1 N–H and O–H groups in total. The van der Waals surface area contributed by atoms with Gasteiger partial charge in [-0.1, -0.05) is 59.6 Å². The van der Waals surface area contributed by atoms with Crippen molar-refractivity contribution < 1.29 is 9.53 Å². The normalized spacial score (nSPS) is 15.1. The van der Waals surface area contributed by atoms with Crippen LogP contribution in [0.15, 0.2) is 60.7 Å². The summed E-state index contributed by atoms with van der Waals surface area (Å²) in [4.78, 5) is 12.0. The van der Waals surface area contributed by atoms with Crippen molar-refractivity contribution in [2.45, 2.75) is 25.2 Å². The Bertz CT molecular complexity index is 1080. The number of nitrogens with one attached hydrogen (secondary N) is 1. The first-order valence-corrected chi connectivity index (χ1v) is 10.8. The van der Waals surface area contributed by atoms with Crippen LogP contribution < -0.4 is 5.32 Å². The number of fused-ring (bicyclic) bond motifs is 1. The minimum absolute atomic E-state index is 0.0552. The lowest BCUT2D eigenvalue weighted by atomic mass is 9.91. The Morgan fingerprint density at radius 1 is 1.03 bits per heavy atom. The zero-order valence-electron chi connectivity index (χ0n) is 16.8. The number of carbonyl (C=O) groups excluding carboxylic acids is 1. The Morgan fingerprint density at radius 3 is 2.67 bits per heavy atom. The van der Waals surface area contributed by atoms with Crippen LogP contribution in [0, 0.1) is 0 Å². The SMILES string of the molecule is COCCC(=O)Nc1cccc(-c2ccc3c(c2)C(c2ccc(Cl)cc2Cl)CC3)c1. The fraction of sp³-hybridized carbons (Fsp3) is 0.240. The molecule has 0 spiro atoms. The molecular weight excluding hydrogens is 417 g/mol. The lowest BCUT2D eigenvalue weighted by Gasteiger charge is -2.16. The average molecular weight is 440 g/mol. The van der Waals surface area contributed by atoms with E-state index in [2.05, 4.69) is 29.6 Å². The maximum Gasteiger partial charge on any atom is 0.226 e. The van der Waals surface area contributed by atoms with E-state index < -0.39 is 0 Å². The van der Waals surface area contributed by atoms with E-state index in [-0.39, 0.29) is 11.8 Å². The lowest BCUT2D eigenvalue weighted by Crippen LogP contribution is -2.13. The highest BCUT2D eigenvalue weighted by Crippen LogP contribution is 2.43. The van der Waals surface area contributed by atoms with E-state index in [0.717, 1.165) is 35.2 Å². The van der Waals surface area contributed by atoms with Gasteiger partial charge in [-0.2, -0.15) is 0 Å². The van der Waals surface area contributed by atoms with Gasteiger partial charge in [0.25, 0.3) is 0 Å². The third kappa shape index (κ3) is 4.54. The van der Waals surface area contributed by atoms with E-state index in [1.54, 1.807) is 7.11 Å². The van der Waals surface area contributed by atoms with Crippen LogP contribution in [-0.4, -0.2) is 19.6 Å². The molecule has 0 heterocycles. The quantitative estimate of drug-likeness (QED) is 0.463. The van der Waals surface area contributed by atoms with E-state index in [0.29, 0.717) is 23.1 Å². The molecule has 1 aliphatic carbocycles. The van der Waals surface area contributed by atoms with Crippen molar-refractivity contribution in [3.05, 3.63) is 87.4 Å². The molecule has 1 unspecified atom stereocenters. The number of hydrogen-bond donors (Lipinski definition) is 1. The van der Waals surface area contributed by atoms with Gasteiger partial charge in [0.05, 0.1) is 13.0 Å². The molecule has 0 saturated heterocycles. The number of benzene rings is 3. The largest absolute Gasteiger partial charge is 0.384 e. The zero-order valence-corrected chi connectivity index (χ0v) is 18.3. The second-order valence-corrected chi connectivity index (χ2v) is 8.39. The molecule has 3 nitrogen and oxygen atoms in total. The summed E-state index contributed by atoms with van der Waals surface area (Å²) in [6, 6.07) is 20.3. The van der Waals surface area contributed by atoms with Crippen molar-refractivity contribution in [3.8, 4) is 11.1 Å². The van der Waals surface area contributed by atoms with Crippen molar-refractivity contribution in [2.24, 2.45) is 0 Å². The molecule has 0 saturated carbocycles. The lowest BCUT2D eigenvalue weighted by molar-refractivity contribution is -0.117. The van der Waals surface area contributed by atoms with Gasteiger partial charge in [0.15, 0.2) is 0 Å². The van der Waals surface area contributed by atoms with Crippen LogP contribution >= 0.6 is 23.2 Å². The molecule has 30 heavy (non-hydrogen) atoms. The van der Waals surface area contributed by atoms with Crippen LogP contribution in [0.2, 0.25) is 10.0 Å². The van der Waals surface area contributed by atoms with E-state index in [4.69, 9.17) is 27.9 Å². The highest BCUT2D eigenvalue weighted by molar-refractivity contribution is 6.35. The highest BCUT2D eigenvalue weighted by Gasteiger charge is 2.26. The molecule has 0 aromatic heterocycles. The number of anilines is 1. The summed E-state index contributed by atoms with van der Waals surface area (Å²) in [5.41, 5.74) is 6.77. The Labute approximate surface area is 187 Å². The molecule has 3 aromatic carbocycles. The number of halogens is 2. The van der Waals surface area contributed by atoms with Crippen molar-refractivity contribution in [3.63, 3.8) is 0 Å². The molecule has 0 bridgehead atoms. The minimum atomic E-state index is -0.0552. The van der Waals surface area contributed by atoms with Gasteiger partial charge < -0.3 is 10.1 Å². The van der Waals surface area contributed by atoms with Crippen LogP contribution in [0.5, 0.6) is 0 Å². The van der Waals surface area contributed by atoms with Gasteiger partial charge in [-0.25, -0.2) is 0 Å². The standard InChI is InChI=1S/C25H23Cl2NO2/c1-30-12-11-25(29)28-20-4-2-3-17(13-20)18-6-5-16-7-9-21(23(16)14-18)22-10-8-19(26)15-24(22)27/h2-6,8,10,13-15,21H,7,9,11-12H2,1H3,(H,28,29). The molecule has 1 atom stereocenters. The fourth-order valence-corrected chi connectivity index (χ4v) is 4.62. The second kappa shape index (κ2) is 9.22. The van der Waals surface area contributed by atoms with Crippen LogP contribution in [0.4, 0.5) is 5.69 Å². The number of aryl methyl sites for hydroxylation is 1. The predicted octanol–water partition coefficient (Wildman–Crippen LogP) is 6.71. The van der Waals surface area contributed by atoms with Crippen LogP contribution in [0.1, 0.15) is 35.4 Å². The molecule has 0 fully saturated rings. The average Bonchev–Trinajstić information content (AvgIpc) is 3.15. The molecule has 4 rings (SSSR count). The number of amides is 1. The van der Waals surface area contributed by atoms with E-state index in [1.807, 2.05) is 36.4 Å². The van der Waals surface area contributed by atoms with Crippen molar-refractivity contribution >= 4 is 34.8 Å². The molecule has 154 valence electrons. The first-order chi connectivity index (χ1) is 14.5. The minimum Gasteiger partial charge on any atom is -0.384 e. The first-order valence-electron chi connectivity index (χ1n) is 10.0. The first kappa shape index (κ1) is 20.9. The van der Waals surface area contributed by atoms with Gasteiger partial charge >= 0.3 is 0 Å². The Morgan fingerprint density at radius 2 is 1.87 bits per heavy atom. The Hall–Kier alpha value is -2.33. The van der Waals surface area contributed by atoms with Crippen molar-refractivity contribution in [1.29, 1.82) is 0 Å². The summed E-state index contributed by atoms with van der Waals surface area (Å²) >= 11 is 12.6. The molecule has 1 aliphatic rings. The molecular formula is C25H23Cl2NO2. The van der Waals surface area contributed by atoms with Gasteiger partial charge in [-0.05, 0) is 64.9 Å². The molecule has 0 radical (unpaired) electrons. The Balaban J connectivity index is 1.62. The van der Waals surface area contributed by atoms with E-state index in [1.165, 1.54) is 11.1 Å². The van der Waals surface area contributed by atoms with Crippen LogP contribution in [-0.2, 0) is 16.0 Å². The summed E-state index contributed by atoms with van der Waals surface area (Å²) in [6.45, 7) is 0.408. The number of ether oxygens (including phenoxy) is 1. The van der Waals surface area contributed by atoms with Gasteiger partial charge in [-0.15, -0.1) is 0 Å². The predicted molar refractivity (Wildman–Crippen MR) is 124 cm³/mol. The Kier molecular flexibility index (Phi) is 6.43. The summed E-state index contributed by atoms with van der Waals surface area (Å²) in [6.07, 6.45) is 2.41. The topological polar surface area (TPSA) is 38.3 Å². The van der Waals surface area contributed by atoms with Crippen molar-refractivity contribution in [2.75, 3.05) is 19.0 Å². The monoisotopic (exact) mass is 439 g/mol. The summed E-state index contributed by atoms with van der Waals surface area (Å²) in [5.74, 6) is 0.210. The van der Waals surface area contributed by atoms with Gasteiger partial charge in [-0.3, -0.25) is 4.79 Å². The van der Waals surface area contributed by atoms with Gasteiger partial charge in [0.2, 0.25) is 5.91 Å². The third-order valence-corrected chi connectivity index (χ3v) is 6.14. The third-order valence-electron chi connectivity index (χ3n) is 5.57. The summed E-state index contributed by atoms with van der Waals surface area (Å²) in [7, 11) is 1.59. The maximum absolute atomic E-state index is 12.0. The van der Waals surface area contributed by atoms with E-state index in [9.17, 15) is 4.79 Å². The number of carbonyl (C=O) groups is 1. The van der Waals surface area contributed by atoms with Crippen molar-refractivity contribution in [1.82, 2.24) is 0 Å². The number of rotatable bonds is 6. The summed E-state index contributed by atoms with van der Waals surface area (Å²) < 4.78 is 4.97. The highest BCUT2D eigenvalue weighted by atomic mass is 35.5. The zero-order chi connectivity index (χ0) is 21.1. The van der Waals surface area contributed by atoms with Crippen LogP contribution in [0.25, 0.3) is 11.1 Å². The molecule has 1 amide bonds. The summed E-state index contributed by atoms with van der Waals surface area (Å²) in [5, 5.41) is 4.30. The second-order valence-electron chi connectivity index (χ2n) is 7.54. The van der Waals surface area contributed by atoms with Gasteiger partial charge in [0.1, 0.15) is 0 Å². The fourth-order valence-electron chi connectivity index (χ4n) is 4.08. The maximum atomic E-state index is 12.0. The number of hydrogen-bond acceptors (Lipinski definition) is 2.